The van der Waals surface area contributed by atoms with E-state index < -0.39 is 22.5 Å². The van der Waals surface area contributed by atoms with E-state index in [2.05, 4.69) is 9.89 Å². The van der Waals surface area contributed by atoms with E-state index in [0.29, 0.717) is 64.0 Å². The van der Waals surface area contributed by atoms with Gasteiger partial charge in [-0.25, -0.2) is 9.79 Å². The number of hydrogen-bond donors (Lipinski definition) is 0. The first-order valence-corrected chi connectivity index (χ1v) is 15.1. The number of methoxy groups -OCH3 is 1. The largest absolute Gasteiger partial charge is 0.493 e. The van der Waals surface area contributed by atoms with Crippen LogP contribution in [0.4, 0.5) is 11.4 Å². The number of carbonyl (C=O) groups is 1. The number of nitro groups is 1. The lowest BCUT2D eigenvalue weighted by molar-refractivity contribution is -0.384. The summed E-state index contributed by atoms with van der Waals surface area (Å²) in [6.07, 6.45) is 1.56. The number of thiazole rings is 1. The molecule has 0 spiro atoms. The van der Waals surface area contributed by atoms with Gasteiger partial charge in [0.05, 0.1) is 59.8 Å². The predicted octanol–water partition coefficient (Wildman–Crippen LogP) is 3.34. The van der Waals surface area contributed by atoms with Crippen LogP contribution in [0.2, 0.25) is 0 Å². The lowest BCUT2D eigenvalue weighted by Gasteiger charge is -2.30. The molecule has 13 heteroatoms. The first-order valence-electron chi connectivity index (χ1n) is 14.3. The molecule has 0 amide bonds. The molecule has 5 rings (SSSR count). The molecule has 0 N–H and O–H groups in total. The molecule has 3 aromatic rings. The van der Waals surface area contributed by atoms with E-state index >= 15 is 0 Å². The molecule has 2 aliphatic rings. The highest BCUT2D eigenvalue weighted by Gasteiger charge is 2.34. The van der Waals surface area contributed by atoms with E-state index in [4.69, 9.17) is 18.9 Å². The number of allylic oxidation sites excluding steroid dienone is 1. The fourth-order valence-electron chi connectivity index (χ4n) is 5.32. The van der Waals surface area contributed by atoms with Gasteiger partial charge in [0.2, 0.25) is 0 Å². The van der Waals surface area contributed by atoms with Gasteiger partial charge in [-0.05, 0) is 57.5 Å². The van der Waals surface area contributed by atoms with Crippen LogP contribution in [0.1, 0.15) is 44.9 Å². The summed E-state index contributed by atoms with van der Waals surface area (Å²) < 4.78 is 24.2. The molecule has 232 valence electrons. The molecule has 44 heavy (non-hydrogen) atoms. The fourth-order valence-corrected chi connectivity index (χ4v) is 6.35. The van der Waals surface area contributed by atoms with Crippen LogP contribution >= 0.6 is 11.3 Å². The topological polar surface area (TPSA) is 135 Å². The van der Waals surface area contributed by atoms with Gasteiger partial charge in [0.15, 0.2) is 16.3 Å². The third kappa shape index (κ3) is 6.10. The van der Waals surface area contributed by atoms with Crippen LogP contribution in [-0.4, -0.2) is 61.6 Å². The maximum Gasteiger partial charge on any atom is 0.338 e. The second-order valence-electron chi connectivity index (χ2n) is 10.5. The van der Waals surface area contributed by atoms with Crippen molar-refractivity contribution in [3.05, 3.63) is 88.6 Å². The van der Waals surface area contributed by atoms with E-state index in [0.717, 1.165) is 17.0 Å². The number of nitrogens with zero attached hydrogens (tertiary/aromatic N) is 4. The van der Waals surface area contributed by atoms with Crippen molar-refractivity contribution in [1.82, 2.24) is 4.57 Å². The van der Waals surface area contributed by atoms with Crippen molar-refractivity contribution in [2.45, 2.75) is 39.8 Å². The minimum Gasteiger partial charge on any atom is -0.493 e. The van der Waals surface area contributed by atoms with E-state index in [-0.39, 0.29) is 24.0 Å². The Bertz CT molecular complexity index is 1800. The molecule has 1 saturated heterocycles. The van der Waals surface area contributed by atoms with Crippen LogP contribution in [0, 0.1) is 10.1 Å². The van der Waals surface area contributed by atoms with Gasteiger partial charge in [-0.15, -0.1) is 0 Å². The highest BCUT2D eigenvalue weighted by molar-refractivity contribution is 7.07. The van der Waals surface area contributed by atoms with Gasteiger partial charge >= 0.3 is 5.97 Å². The Balaban J connectivity index is 1.71. The minimum atomic E-state index is -0.863. The molecular formula is C31H34N4O8S. The summed E-state index contributed by atoms with van der Waals surface area (Å²) in [5.74, 6) is 0.393. The zero-order valence-electron chi connectivity index (χ0n) is 25.2. The van der Waals surface area contributed by atoms with Gasteiger partial charge in [0, 0.05) is 36.5 Å². The maximum absolute atomic E-state index is 14.2. The number of rotatable bonds is 9. The van der Waals surface area contributed by atoms with Crippen molar-refractivity contribution in [3.63, 3.8) is 0 Å². The average molecular weight is 623 g/mol. The van der Waals surface area contributed by atoms with Gasteiger partial charge in [-0.3, -0.25) is 19.5 Å². The van der Waals surface area contributed by atoms with E-state index in [1.165, 1.54) is 23.8 Å². The fraction of sp³-hybridized carbons (Fsp3) is 0.387. The van der Waals surface area contributed by atoms with Crippen molar-refractivity contribution in [1.29, 1.82) is 0 Å². The van der Waals surface area contributed by atoms with E-state index in [1.54, 1.807) is 44.2 Å². The van der Waals surface area contributed by atoms with E-state index in [9.17, 15) is 19.7 Å². The Labute approximate surface area is 257 Å². The van der Waals surface area contributed by atoms with Crippen molar-refractivity contribution in [2.75, 3.05) is 44.9 Å². The molecule has 3 heterocycles. The number of benzene rings is 2. The van der Waals surface area contributed by atoms with Crippen molar-refractivity contribution in [2.24, 2.45) is 4.99 Å². The Kier molecular flexibility index (Phi) is 9.16. The quantitative estimate of drug-likeness (QED) is 0.200. The number of anilines is 1. The van der Waals surface area contributed by atoms with Crippen LogP contribution in [0.25, 0.3) is 6.08 Å². The number of esters is 1. The zero-order valence-corrected chi connectivity index (χ0v) is 26.0. The number of morpholine rings is 1. The van der Waals surface area contributed by atoms with Crippen LogP contribution in [0.3, 0.4) is 0 Å². The summed E-state index contributed by atoms with van der Waals surface area (Å²) in [6.45, 7) is 9.65. The lowest BCUT2D eigenvalue weighted by Crippen LogP contribution is -2.40. The Morgan fingerprint density at radius 2 is 1.95 bits per heavy atom. The third-order valence-corrected chi connectivity index (χ3v) is 8.23. The maximum atomic E-state index is 14.2. The summed E-state index contributed by atoms with van der Waals surface area (Å²) in [4.78, 5) is 45.8. The Morgan fingerprint density at radius 3 is 2.61 bits per heavy atom. The number of carbonyl (C=O) groups excluding carboxylic acids is 1. The highest BCUT2D eigenvalue weighted by atomic mass is 32.1. The first-order chi connectivity index (χ1) is 21.1. The summed E-state index contributed by atoms with van der Waals surface area (Å²) in [6, 6.07) is 9.04. The second kappa shape index (κ2) is 13.0. The van der Waals surface area contributed by atoms with Gasteiger partial charge in [-0.1, -0.05) is 17.4 Å². The number of ether oxygens (including phenoxy) is 4. The molecule has 2 aromatic carbocycles. The minimum absolute atomic E-state index is 0.0878. The SMILES string of the molecule is CCOC(=O)C1=C(C)N=c2s/c(=C\c3cc([N+](=O)[O-])ccc3N3CCOCC3)c(=O)n2[C@@H]1c1ccc(OC(C)C)c(OC)c1. The molecule has 0 unspecified atom stereocenters. The molecule has 1 fully saturated rings. The molecule has 0 bridgehead atoms. The van der Waals surface area contributed by atoms with Crippen molar-refractivity contribution >= 4 is 34.8 Å². The van der Waals surface area contributed by atoms with Gasteiger partial charge in [0.1, 0.15) is 0 Å². The van der Waals surface area contributed by atoms with Gasteiger partial charge in [0.25, 0.3) is 11.2 Å². The number of fused-ring (bicyclic) bond motifs is 1. The van der Waals surface area contributed by atoms with Crippen LogP contribution in [0.15, 0.2) is 57.5 Å². The first kappa shape index (κ1) is 31.0. The number of hydrogen-bond acceptors (Lipinski definition) is 11. The Hall–Kier alpha value is -4.49. The monoisotopic (exact) mass is 622 g/mol. The molecule has 0 aliphatic carbocycles. The van der Waals surface area contributed by atoms with Crippen LogP contribution in [-0.2, 0) is 14.3 Å². The number of nitro benzene ring substituents is 1. The smallest absolute Gasteiger partial charge is 0.338 e. The van der Waals surface area contributed by atoms with Crippen molar-refractivity contribution in [3.8, 4) is 11.5 Å². The summed E-state index contributed by atoms with van der Waals surface area (Å²) in [5, 5.41) is 11.7. The number of non-ortho nitro benzene ring substituents is 1. The van der Waals surface area contributed by atoms with Crippen LogP contribution < -0.4 is 29.3 Å². The Morgan fingerprint density at radius 1 is 1.20 bits per heavy atom. The standard InChI is InChI=1S/C31H34N4O8S/c1-6-42-30(37)27-19(4)32-31-34(28(27)20-7-10-24(43-18(2)3)25(16-20)40-5)29(36)26(44-31)17-21-15-22(35(38)39)8-9-23(21)33-11-13-41-14-12-33/h7-10,15-18,28H,6,11-14H2,1-5H3/b26-17-/t28-/m1/s1. The summed E-state index contributed by atoms with van der Waals surface area (Å²) in [7, 11) is 1.52. The van der Waals surface area contributed by atoms with Gasteiger partial charge < -0.3 is 23.8 Å². The van der Waals surface area contributed by atoms with Crippen molar-refractivity contribution < 1.29 is 28.7 Å². The van der Waals surface area contributed by atoms with Gasteiger partial charge in [-0.2, -0.15) is 0 Å². The second-order valence-corrected chi connectivity index (χ2v) is 11.5. The predicted molar refractivity (Wildman–Crippen MR) is 165 cm³/mol. The van der Waals surface area contributed by atoms with Crippen LogP contribution in [0.5, 0.6) is 11.5 Å². The van der Waals surface area contributed by atoms with E-state index in [1.807, 2.05) is 13.8 Å². The zero-order chi connectivity index (χ0) is 31.5. The molecule has 2 aliphatic heterocycles. The molecule has 1 atom stereocenters. The average Bonchev–Trinajstić information content (AvgIpc) is 3.30. The molecular weight excluding hydrogens is 588 g/mol. The third-order valence-electron chi connectivity index (χ3n) is 7.24. The highest BCUT2D eigenvalue weighted by Crippen LogP contribution is 2.36. The number of aromatic nitrogens is 1. The summed E-state index contributed by atoms with van der Waals surface area (Å²) in [5.41, 5.74) is 2.06. The molecule has 0 radical (unpaired) electrons. The molecule has 12 nitrogen and oxygen atoms in total. The summed E-state index contributed by atoms with van der Waals surface area (Å²) >= 11 is 1.15. The molecule has 0 saturated carbocycles. The lowest BCUT2D eigenvalue weighted by atomic mass is 9.95. The molecule has 1 aromatic heterocycles. The normalized spacial score (nSPS) is 16.9.